The average molecular weight is 298 g/mol. The number of nitrogens with two attached hydrogens (primary N) is 1. The highest BCUT2D eigenvalue weighted by Gasteiger charge is 2.59. The summed E-state index contributed by atoms with van der Waals surface area (Å²) < 4.78 is 6.86. The molecule has 6 N–H and O–H groups in total. The molecule has 10 nitrogen and oxygen atoms in total. The number of fused-ring (bicyclic) bond motifs is 1. The maximum Gasteiger partial charge on any atom is 0.304 e. The van der Waals surface area contributed by atoms with Crippen molar-refractivity contribution in [1.82, 2.24) is 5.32 Å². The van der Waals surface area contributed by atoms with Crippen molar-refractivity contribution in [2.75, 3.05) is 6.61 Å². The number of nitrogens with zero attached hydrogens (tertiary/aromatic N) is 3. The zero-order valence-electron chi connectivity index (χ0n) is 11.2. The van der Waals surface area contributed by atoms with E-state index in [0.717, 1.165) is 0 Å². The van der Waals surface area contributed by atoms with Gasteiger partial charge in [-0.15, -0.1) is 0 Å². The van der Waals surface area contributed by atoms with Crippen LogP contribution in [0.5, 0.6) is 0 Å². The van der Waals surface area contributed by atoms with Crippen LogP contribution in [0.1, 0.15) is 6.92 Å². The maximum absolute atomic E-state index is 11.8. The summed E-state index contributed by atoms with van der Waals surface area (Å²) in [6, 6.07) is 0. The molecule has 0 aromatic heterocycles. The number of aliphatic hydroxyl groups excluding tert-OH is 2. The highest BCUT2D eigenvalue weighted by atomic mass is 16.6. The monoisotopic (exact) mass is 298 g/mol. The number of guanidine groups is 1. The second-order valence-corrected chi connectivity index (χ2v) is 5.30. The molecular weight excluding hydrogens is 282 g/mol. The van der Waals surface area contributed by atoms with Crippen LogP contribution in [-0.4, -0.2) is 80.6 Å². The van der Waals surface area contributed by atoms with Gasteiger partial charge in [-0.2, -0.15) is 4.99 Å². The highest BCUT2D eigenvalue weighted by molar-refractivity contribution is 6.45. The molecule has 0 saturated carbocycles. The van der Waals surface area contributed by atoms with E-state index in [-0.39, 0.29) is 11.7 Å². The molecule has 1 amide bonds. The van der Waals surface area contributed by atoms with Gasteiger partial charge in [0.15, 0.2) is 11.6 Å². The van der Waals surface area contributed by atoms with E-state index in [1.165, 1.54) is 17.8 Å². The first-order valence-electron chi connectivity index (χ1n) is 6.36. The van der Waals surface area contributed by atoms with Crippen molar-refractivity contribution in [3.8, 4) is 0 Å². The van der Waals surface area contributed by atoms with Crippen LogP contribution in [0.25, 0.3) is 0 Å². The fourth-order valence-corrected chi connectivity index (χ4v) is 2.65. The largest absolute Gasteiger partial charge is 0.394 e. The maximum atomic E-state index is 11.8. The number of amides is 1. The lowest BCUT2D eigenvalue weighted by Crippen LogP contribution is -2.56. The van der Waals surface area contributed by atoms with Crippen LogP contribution in [0.4, 0.5) is 0 Å². The summed E-state index contributed by atoms with van der Waals surface area (Å²) in [5.41, 5.74) is 3.96. The molecule has 114 valence electrons. The lowest BCUT2D eigenvalue weighted by atomic mass is 9.96. The third kappa shape index (κ3) is 1.95. The molecule has 0 aliphatic carbocycles. The SMILES string of the molecule is C[C@@]1(O)[C@H](O)[C@@H](CO)O[C@H]1[N+]1=CN=C2C(=O)NC(N)=NC21. The van der Waals surface area contributed by atoms with Crippen molar-refractivity contribution in [2.45, 2.75) is 37.1 Å². The quantitative estimate of drug-likeness (QED) is 0.328. The first-order valence-corrected chi connectivity index (χ1v) is 6.36. The predicted molar refractivity (Wildman–Crippen MR) is 69.7 cm³/mol. The van der Waals surface area contributed by atoms with Gasteiger partial charge in [-0.3, -0.25) is 10.1 Å². The molecule has 0 bridgehead atoms. The Balaban J connectivity index is 1.93. The molecule has 0 aromatic carbocycles. The molecule has 3 aliphatic rings. The van der Waals surface area contributed by atoms with Gasteiger partial charge in [0, 0.05) is 0 Å². The van der Waals surface area contributed by atoms with Gasteiger partial charge in [-0.25, -0.2) is 4.58 Å². The third-order valence-corrected chi connectivity index (χ3v) is 3.80. The van der Waals surface area contributed by atoms with Gasteiger partial charge >= 0.3 is 5.91 Å². The Kier molecular flexibility index (Phi) is 3.06. The number of aliphatic imine (C=N–C) groups is 2. The second-order valence-electron chi connectivity index (χ2n) is 5.30. The number of rotatable bonds is 2. The summed E-state index contributed by atoms with van der Waals surface area (Å²) in [6.07, 6.45) is -2.80. The number of aliphatic hydroxyl groups is 3. The zero-order chi connectivity index (χ0) is 15.4. The molecule has 21 heavy (non-hydrogen) atoms. The number of carbonyl (C=O) groups is 1. The molecular formula is C11H16N5O5+. The standard InChI is InChI=1S/C11H15N5O5/c1-11(20)6(18)4(2-17)21-9(11)16-3-13-5-7(16)14-10(12)15-8(5)19/h3-4,6-7,9,17-18,20H,2H2,1H3,(H2-,12,14,15,19)/p+1/t4-,6-,7?,9-,11-/m1/s1. The first kappa shape index (κ1) is 14.1. The van der Waals surface area contributed by atoms with E-state index in [1.807, 2.05) is 0 Å². The number of nitrogens with one attached hydrogen (secondary N) is 1. The normalized spacial score (nSPS) is 42.1. The Morgan fingerprint density at radius 1 is 1.62 bits per heavy atom. The van der Waals surface area contributed by atoms with E-state index in [9.17, 15) is 20.1 Å². The van der Waals surface area contributed by atoms with Crippen molar-refractivity contribution in [1.29, 1.82) is 0 Å². The summed E-state index contributed by atoms with van der Waals surface area (Å²) in [4.78, 5) is 19.8. The van der Waals surface area contributed by atoms with Crippen LogP contribution < -0.4 is 11.1 Å². The summed E-state index contributed by atoms with van der Waals surface area (Å²) in [6.45, 7) is 0.922. The van der Waals surface area contributed by atoms with E-state index in [1.54, 1.807) is 0 Å². The molecule has 1 unspecified atom stereocenters. The third-order valence-electron chi connectivity index (χ3n) is 3.80. The molecule has 3 rings (SSSR count). The fourth-order valence-electron chi connectivity index (χ4n) is 2.65. The average Bonchev–Trinajstić information content (AvgIpc) is 2.91. The van der Waals surface area contributed by atoms with Gasteiger partial charge in [0.05, 0.1) is 6.61 Å². The predicted octanol–water partition coefficient (Wildman–Crippen LogP) is -3.92. The number of hydrogen-bond donors (Lipinski definition) is 5. The van der Waals surface area contributed by atoms with Crippen molar-refractivity contribution in [2.24, 2.45) is 15.7 Å². The van der Waals surface area contributed by atoms with Crippen molar-refractivity contribution in [3.63, 3.8) is 0 Å². The van der Waals surface area contributed by atoms with Gasteiger partial charge in [0.1, 0.15) is 12.2 Å². The molecule has 10 heteroatoms. The Hall–Kier alpha value is -1.88. The van der Waals surface area contributed by atoms with E-state index >= 15 is 0 Å². The van der Waals surface area contributed by atoms with Crippen molar-refractivity contribution >= 4 is 23.9 Å². The molecule has 3 aliphatic heterocycles. The van der Waals surface area contributed by atoms with Gasteiger partial charge in [0.2, 0.25) is 6.23 Å². The van der Waals surface area contributed by atoms with Crippen molar-refractivity contribution in [3.05, 3.63) is 0 Å². The number of ether oxygens (including phenoxy) is 1. The molecule has 1 fully saturated rings. The number of carbonyl (C=O) groups excluding carboxylic acids is 1. The first-order chi connectivity index (χ1) is 9.86. The molecule has 0 aromatic rings. The van der Waals surface area contributed by atoms with E-state index in [0.29, 0.717) is 0 Å². The lowest BCUT2D eigenvalue weighted by molar-refractivity contribution is -0.635. The summed E-state index contributed by atoms with van der Waals surface area (Å²) in [5.74, 6) is -0.552. The van der Waals surface area contributed by atoms with Crippen LogP contribution >= 0.6 is 0 Å². The van der Waals surface area contributed by atoms with Crippen LogP contribution in [0.2, 0.25) is 0 Å². The van der Waals surface area contributed by atoms with Crippen LogP contribution in [0.3, 0.4) is 0 Å². The molecule has 5 atom stereocenters. The van der Waals surface area contributed by atoms with Gasteiger partial charge in [0.25, 0.3) is 18.2 Å². The minimum absolute atomic E-state index is 0.0684. The van der Waals surface area contributed by atoms with E-state index in [2.05, 4.69) is 15.3 Å². The Bertz CT molecular complexity index is 584. The van der Waals surface area contributed by atoms with Gasteiger partial charge in [-0.05, 0) is 11.9 Å². The Labute approximate surface area is 119 Å². The molecule has 0 spiro atoms. The topological polar surface area (TPSA) is 153 Å². The highest BCUT2D eigenvalue weighted by Crippen LogP contribution is 2.33. The molecule has 3 heterocycles. The van der Waals surface area contributed by atoms with E-state index < -0.39 is 42.7 Å². The Morgan fingerprint density at radius 3 is 2.95 bits per heavy atom. The van der Waals surface area contributed by atoms with Gasteiger partial charge in [-0.1, -0.05) is 0 Å². The molecule has 1 saturated heterocycles. The number of hydrogen-bond acceptors (Lipinski definition) is 8. The summed E-state index contributed by atoms with van der Waals surface area (Å²) >= 11 is 0. The van der Waals surface area contributed by atoms with E-state index in [4.69, 9.17) is 10.5 Å². The van der Waals surface area contributed by atoms with Crippen LogP contribution in [0.15, 0.2) is 9.98 Å². The van der Waals surface area contributed by atoms with Crippen LogP contribution in [-0.2, 0) is 9.53 Å². The van der Waals surface area contributed by atoms with Crippen molar-refractivity contribution < 1.29 is 29.4 Å². The smallest absolute Gasteiger partial charge is 0.304 e. The summed E-state index contributed by atoms with van der Waals surface area (Å²) in [5, 5.41) is 31.9. The second kappa shape index (κ2) is 4.56. The summed E-state index contributed by atoms with van der Waals surface area (Å²) in [7, 11) is 0. The minimum Gasteiger partial charge on any atom is -0.394 e. The zero-order valence-corrected chi connectivity index (χ0v) is 11.2. The van der Waals surface area contributed by atoms with Crippen LogP contribution in [0, 0.1) is 0 Å². The minimum atomic E-state index is -1.67. The Morgan fingerprint density at radius 2 is 2.33 bits per heavy atom. The van der Waals surface area contributed by atoms with Gasteiger partial charge < -0.3 is 25.8 Å². The fraction of sp³-hybridized carbons (Fsp3) is 0.636. The molecule has 0 radical (unpaired) electrons. The lowest BCUT2D eigenvalue weighted by Gasteiger charge is -2.27.